The Kier molecular flexibility index (Phi) is 8.49. The average Bonchev–Trinajstić information content (AvgIpc) is 3.22. The van der Waals surface area contributed by atoms with Crippen LogP contribution in [-0.4, -0.2) is 27.7 Å². The van der Waals surface area contributed by atoms with Gasteiger partial charge in [0.15, 0.2) is 0 Å². The van der Waals surface area contributed by atoms with Crippen molar-refractivity contribution in [3.63, 3.8) is 0 Å². The minimum atomic E-state index is 0.427. The van der Waals surface area contributed by atoms with Crippen LogP contribution in [0.5, 0.6) is 0 Å². The van der Waals surface area contributed by atoms with Gasteiger partial charge < -0.3 is 9.30 Å². The van der Waals surface area contributed by atoms with E-state index >= 15 is 0 Å². The molecule has 0 saturated heterocycles. The van der Waals surface area contributed by atoms with Crippen LogP contribution >= 0.6 is 0 Å². The predicted octanol–water partition coefficient (Wildman–Crippen LogP) is 6.56. The van der Waals surface area contributed by atoms with Gasteiger partial charge in [-0.05, 0) is 24.6 Å². The van der Waals surface area contributed by atoms with Crippen LogP contribution in [0.2, 0.25) is 0 Å². The van der Waals surface area contributed by atoms with Crippen molar-refractivity contribution in [3.8, 4) is 11.8 Å². The zero-order chi connectivity index (χ0) is 22.7. The fourth-order valence-corrected chi connectivity index (χ4v) is 4.24. The molecule has 0 N–H and O–H groups in total. The summed E-state index contributed by atoms with van der Waals surface area (Å²) in [5, 5.41) is 1.15. The quantitative estimate of drug-likeness (QED) is 0.196. The summed E-state index contributed by atoms with van der Waals surface area (Å²) in [7, 11) is 0. The Balaban J connectivity index is 1.45. The van der Waals surface area contributed by atoms with E-state index in [1.54, 1.807) is 0 Å². The zero-order valence-electron chi connectivity index (χ0n) is 19.6. The van der Waals surface area contributed by atoms with Crippen molar-refractivity contribution in [2.24, 2.45) is 0 Å². The van der Waals surface area contributed by atoms with Gasteiger partial charge in [0.25, 0.3) is 0 Å². The molecule has 0 unspecified atom stereocenters. The van der Waals surface area contributed by atoms with Crippen LogP contribution in [0.15, 0.2) is 60.8 Å². The second-order valence-corrected chi connectivity index (χ2v) is 8.43. The van der Waals surface area contributed by atoms with Crippen molar-refractivity contribution in [1.29, 1.82) is 0 Å². The van der Waals surface area contributed by atoms with Gasteiger partial charge in [-0.2, -0.15) is 0 Å². The Hall–Kier alpha value is -3.16. The smallest absolute Gasteiger partial charge is 0.110 e. The number of hydrogen-bond donors (Lipinski definition) is 0. The molecular formula is C29H33N3O. The molecule has 0 atom stereocenters. The van der Waals surface area contributed by atoms with E-state index in [9.17, 15) is 0 Å². The molecule has 4 heteroatoms. The molecule has 0 spiro atoms. The van der Waals surface area contributed by atoms with Crippen molar-refractivity contribution in [2.45, 2.75) is 58.4 Å². The number of pyridine rings is 1. The second kappa shape index (κ2) is 12.2. The van der Waals surface area contributed by atoms with E-state index in [4.69, 9.17) is 9.72 Å². The van der Waals surface area contributed by atoms with Crippen molar-refractivity contribution in [2.75, 3.05) is 13.2 Å². The first-order chi connectivity index (χ1) is 16.4. The van der Waals surface area contributed by atoms with Crippen molar-refractivity contribution in [1.82, 2.24) is 14.5 Å². The first-order valence-electron chi connectivity index (χ1n) is 12.2. The highest BCUT2D eigenvalue weighted by atomic mass is 16.5. The maximum atomic E-state index is 5.88. The summed E-state index contributed by atoms with van der Waals surface area (Å²) >= 11 is 0. The average molecular weight is 440 g/mol. The number of aryl methyl sites for hydroxylation is 1. The number of nitrogens with zero attached hydrogens (tertiary/aromatic N) is 3. The van der Waals surface area contributed by atoms with E-state index < -0.39 is 0 Å². The molecule has 0 aliphatic carbocycles. The van der Waals surface area contributed by atoms with E-state index in [1.807, 2.05) is 42.6 Å². The molecule has 2 aromatic carbocycles. The van der Waals surface area contributed by atoms with Gasteiger partial charge in [0, 0.05) is 23.9 Å². The summed E-state index contributed by atoms with van der Waals surface area (Å²) < 4.78 is 8.22. The lowest BCUT2D eigenvalue weighted by Gasteiger charge is -2.10. The SMILES string of the molecule is CCCCCCCCc1nc2cnc3ccccc3c2n1CCOCC#Cc1ccccc1. The van der Waals surface area contributed by atoms with E-state index in [2.05, 4.69) is 46.5 Å². The highest BCUT2D eigenvalue weighted by Crippen LogP contribution is 2.25. The summed E-state index contributed by atoms with van der Waals surface area (Å²) in [4.78, 5) is 9.59. The zero-order valence-corrected chi connectivity index (χ0v) is 19.6. The number of benzene rings is 2. The van der Waals surface area contributed by atoms with Gasteiger partial charge in [0.2, 0.25) is 0 Å². The van der Waals surface area contributed by atoms with E-state index in [0.717, 1.165) is 40.8 Å². The van der Waals surface area contributed by atoms with Gasteiger partial charge in [-0.15, -0.1) is 0 Å². The van der Waals surface area contributed by atoms with Crippen LogP contribution in [0, 0.1) is 11.8 Å². The number of ether oxygens (including phenoxy) is 1. The summed E-state index contributed by atoms with van der Waals surface area (Å²) in [6, 6.07) is 18.3. The maximum Gasteiger partial charge on any atom is 0.110 e. The standard InChI is InChI=1S/C29H33N3O/c1-2-3-4-5-6-10-19-28-31-27-23-30-26-18-12-11-17-25(26)29(27)32(28)20-22-33-21-13-16-24-14-8-7-9-15-24/h7-9,11-12,14-15,17-18,23H,2-6,10,19-22H2,1H3. The highest BCUT2D eigenvalue weighted by molar-refractivity contribution is 6.02. The molecule has 0 amide bonds. The predicted molar refractivity (Wildman–Crippen MR) is 136 cm³/mol. The molecule has 0 aliphatic heterocycles. The largest absolute Gasteiger partial charge is 0.367 e. The Morgan fingerprint density at radius 3 is 2.55 bits per heavy atom. The molecule has 2 heterocycles. The summed E-state index contributed by atoms with van der Waals surface area (Å²) in [6.07, 6.45) is 10.6. The third-order valence-electron chi connectivity index (χ3n) is 5.95. The normalized spacial score (nSPS) is 11.1. The summed E-state index contributed by atoms with van der Waals surface area (Å²) in [5.41, 5.74) is 4.16. The molecule has 0 saturated carbocycles. The van der Waals surface area contributed by atoms with Gasteiger partial charge in [-0.25, -0.2) is 4.98 Å². The Labute approximate surface area is 197 Å². The first kappa shape index (κ1) is 23.0. The van der Waals surface area contributed by atoms with E-state index in [0.29, 0.717) is 13.2 Å². The lowest BCUT2D eigenvalue weighted by Crippen LogP contribution is -2.10. The number of fused-ring (bicyclic) bond motifs is 3. The number of unbranched alkanes of at least 4 members (excludes halogenated alkanes) is 5. The third kappa shape index (κ3) is 6.21. The van der Waals surface area contributed by atoms with Crippen LogP contribution in [0.3, 0.4) is 0 Å². The molecule has 0 bridgehead atoms. The molecule has 0 aliphatic rings. The molecular weight excluding hydrogens is 406 g/mol. The van der Waals surface area contributed by atoms with Gasteiger partial charge in [0.05, 0.1) is 23.8 Å². The number of hydrogen-bond acceptors (Lipinski definition) is 3. The van der Waals surface area contributed by atoms with Gasteiger partial charge in [-0.1, -0.05) is 87.3 Å². The van der Waals surface area contributed by atoms with Crippen LogP contribution < -0.4 is 0 Å². The number of imidazole rings is 1. The van der Waals surface area contributed by atoms with Crippen molar-refractivity contribution in [3.05, 3.63) is 72.2 Å². The first-order valence-corrected chi connectivity index (χ1v) is 12.2. The van der Waals surface area contributed by atoms with Crippen LogP contribution in [-0.2, 0) is 17.7 Å². The summed E-state index contributed by atoms with van der Waals surface area (Å²) in [5.74, 6) is 7.40. The van der Waals surface area contributed by atoms with Gasteiger partial charge in [0.1, 0.15) is 17.9 Å². The van der Waals surface area contributed by atoms with Gasteiger partial charge in [-0.3, -0.25) is 4.98 Å². The minimum Gasteiger partial charge on any atom is -0.367 e. The number of para-hydroxylation sites is 1. The van der Waals surface area contributed by atoms with E-state index in [1.165, 1.54) is 44.0 Å². The van der Waals surface area contributed by atoms with Crippen molar-refractivity contribution >= 4 is 21.9 Å². The van der Waals surface area contributed by atoms with Crippen molar-refractivity contribution < 1.29 is 4.74 Å². The fourth-order valence-electron chi connectivity index (χ4n) is 4.24. The van der Waals surface area contributed by atoms with E-state index in [-0.39, 0.29) is 0 Å². The third-order valence-corrected chi connectivity index (χ3v) is 5.95. The second-order valence-electron chi connectivity index (χ2n) is 8.43. The van der Waals surface area contributed by atoms with Crippen LogP contribution in [0.1, 0.15) is 56.8 Å². The number of aromatic nitrogens is 3. The lowest BCUT2D eigenvalue weighted by atomic mass is 10.1. The Morgan fingerprint density at radius 2 is 1.67 bits per heavy atom. The molecule has 4 nitrogen and oxygen atoms in total. The molecule has 0 radical (unpaired) electrons. The molecule has 4 aromatic rings. The fraction of sp³-hybridized carbons (Fsp3) is 0.379. The molecule has 4 rings (SSSR count). The number of rotatable bonds is 11. The van der Waals surface area contributed by atoms with Crippen LogP contribution in [0.25, 0.3) is 21.9 Å². The summed E-state index contributed by atoms with van der Waals surface area (Å²) in [6.45, 7) is 4.06. The topological polar surface area (TPSA) is 39.9 Å². The van der Waals surface area contributed by atoms with Gasteiger partial charge >= 0.3 is 0 Å². The Bertz CT molecular complexity index is 1220. The monoisotopic (exact) mass is 439 g/mol. The molecule has 170 valence electrons. The molecule has 33 heavy (non-hydrogen) atoms. The highest BCUT2D eigenvalue weighted by Gasteiger charge is 2.14. The molecule has 2 aromatic heterocycles. The maximum absolute atomic E-state index is 5.88. The minimum absolute atomic E-state index is 0.427. The lowest BCUT2D eigenvalue weighted by molar-refractivity contribution is 0.157. The van der Waals surface area contributed by atoms with Crippen LogP contribution in [0.4, 0.5) is 0 Å². The Morgan fingerprint density at radius 1 is 0.879 bits per heavy atom. The molecule has 0 fully saturated rings.